The van der Waals surface area contributed by atoms with Crippen molar-refractivity contribution >= 4 is 19.3 Å². The van der Waals surface area contributed by atoms with Gasteiger partial charge in [0.1, 0.15) is 12.2 Å². The maximum absolute atomic E-state index is 13.1. The highest BCUT2D eigenvalue weighted by molar-refractivity contribution is 6.47. The van der Waals surface area contributed by atoms with Crippen LogP contribution in [0.1, 0.15) is 66.4 Å². The number of carbonyl (C=O) groups excluding carboxylic acids is 2. The minimum atomic E-state index is -0.616. The topological polar surface area (TPSA) is 95.6 Å². The van der Waals surface area contributed by atoms with Crippen LogP contribution in [0.2, 0.25) is 0 Å². The molecule has 1 aromatic rings. The molecule has 2 bridgehead atoms. The monoisotopic (exact) mass is 556 g/mol. The lowest BCUT2D eigenvalue weighted by Crippen LogP contribution is -2.65. The second-order valence-corrected chi connectivity index (χ2v) is 13.6. The summed E-state index contributed by atoms with van der Waals surface area (Å²) in [5, 5.41) is 3.04. The summed E-state index contributed by atoms with van der Waals surface area (Å²) in [7, 11) is -0.558. The number of carbonyl (C=O) groups is 2. The van der Waals surface area contributed by atoms with Gasteiger partial charge in [0.2, 0.25) is 0 Å². The molecule has 2 saturated heterocycles. The van der Waals surface area contributed by atoms with E-state index in [1.54, 1.807) is 4.90 Å². The van der Waals surface area contributed by atoms with Crippen LogP contribution in [0.5, 0.6) is 0 Å². The van der Waals surface area contributed by atoms with Crippen molar-refractivity contribution in [3.63, 3.8) is 0 Å². The molecule has 2 amide bonds. The van der Waals surface area contributed by atoms with Crippen LogP contribution in [0.4, 0.5) is 9.59 Å². The number of nitrogens with zero attached hydrogens (tertiary/aromatic N) is 1. The van der Waals surface area contributed by atoms with Crippen LogP contribution in [0.15, 0.2) is 30.3 Å². The SMILES string of the molecule is CC(C)(C)OC(=O)N1CCOC[C@@H]1COC(=O)NC(CCc1ccccc1)B1O[C@@H]2C[C@@H]3C[C@@H](C3(C)C)[C@]2(C)O1. The zero-order chi connectivity index (χ0) is 28.7. The first-order valence-electron chi connectivity index (χ1n) is 14.7. The van der Waals surface area contributed by atoms with Crippen molar-refractivity contribution < 1.29 is 33.1 Å². The van der Waals surface area contributed by atoms with Gasteiger partial charge in [-0.25, -0.2) is 9.59 Å². The van der Waals surface area contributed by atoms with Crippen molar-refractivity contribution in [3.8, 4) is 0 Å². The molecule has 3 saturated carbocycles. The quantitative estimate of drug-likeness (QED) is 0.490. The number of rotatable bonds is 7. The van der Waals surface area contributed by atoms with Crippen molar-refractivity contribution in [2.75, 3.05) is 26.4 Å². The van der Waals surface area contributed by atoms with E-state index >= 15 is 0 Å². The van der Waals surface area contributed by atoms with Gasteiger partial charge in [0.25, 0.3) is 0 Å². The number of aryl methyl sites for hydroxylation is 1. The third kappa shape index (κ3) is 5.99. The number of ether oxygens (including phenoxy) is 3. The average Bonchev–Trinajstić information content (AvgIpc) is 3.26. The highest BCUT2D eigenvalue weighted by Crippen LogP contribution is 2.65. The van der Waals surface area contributed by atoms with Crippen LogP contribution >= 0.6 is 0 Å². The van der Waals surface area contributed by atoms with E-state index in [1.165, 1.54) is 5.56 Å². The molecule has 1 N–H and O–H groups in total. The summed E-state index contributed by atoms with van der Waals surface area (Å²) in [5.74, 6) is 0.685. The Kier molecular flexibility index (Phi) is 8.16. The second-order valence-electron chi connectivity index (χ2n) is 13.6. The zero-order valence-corrected chi connectivity index (χ0v) is 24.8. The summed E-state index contributed by atoms with van der Waals surface area (Å²) in [6, 6.07) is 9.77. The predicted molar refractivity (Wildman–Crippen MR) is 151 cm³/mol. The third-order valence-corrected chi connectivity index (χ3v) is 9.45. The number of morpholine rings is 1. The Morgan fingerprint density at radius 3 is 2.62 bits per heavy atom. The summed E-state index contributed by atoms with van der Waals surface area (Å²) in [6.07, 6.45) is 2.57. The van der Waals surface area contributed by atoms with Crippen LogP contribution < -0.4 is 5.32 Å². The molecule has 0 spiro atoms. The van der Waals surface area contributed by atoms with E-state index in [-0.39, 0.29) is 36.3 Å². The molecule has 2 heterocycles. The third-order valence-electron chi connectivity index (χ3n) is 9.45. The van der Waals surface area contributed by atoms with Crippen molar-refractivity contribution in [3.05, 3.63) is 35.9 Å². The number of amides is 2. The summed E-state index contributed by atoms with van der Waals surface area (Å²) >= 11 is 0. The molecule has 0 aromatic heterocycles. The van der Waals surface area contributed by atoms with Gasteiger partial charge in [-0.2, -0.15) is 0 Å². The molecule has 1 unspecified atom stereocenters. The Bertz CT molecular complexity index is 1060. The van der Waals surface area contributed by atoms with Gasteiger partial charge in [-0.3, -0.25) is 4.90 Å². The minimum Gasteiger partial charge on any atom is -0.447 e. The molecule has 6 rings (SSSR count). The lowest BCUT2D eigenvalue weighted by Gasteiger charge is -2.64. The smallest absolute Gasteiger partial charge is 0.447 e. The Labute approximate surface area is 238 Å². The lowest BCUT2D eigenvalue weighted by molar-refractivity contribution is -0.199. The Morgan fingerprint density at radius 2 is 1.93 bits per heavy atom. The van der Waals surface area contributed by atoms with Crippen molar-refractivity contribution in [2.24, 2.45) is 17.3 Å². The first-order valence-corrected chi connectivity index (χ1v) is 14.7. The minimum absolute atomic E-state index is 0.00114. The summed E-state index contributed by atoms with van der Waals surface area (Å²) in [6.45, 7) is 13.4. The van der Waals surface area contributed by atoms with Crippen molar-refractivity contribution in [1.29, 1.82) is 0 Å². The number of nitrogens with one attached hydrogen (secondary N) is 1. The molecule has 9 nitrogen and oxygen atoms in total. The Hall–Kier alpha value is -2.30. The van der Waals surface area contributed by atoms with E-state index in [0.717, 1.165) is 19.3 Å². The standard InChI is InChI=1S/C30H45BN2O7/c1-28(2,3)38-27(35)33-14-15-36-18-22(33)19-37-26(34)32-25(13-12-20-10-8-7-9-11-20)31-39-24-17-21-16-23(29(21,4)5)30(24,6)40-31/h7-11,21-25H,12-19H2,1-6H3,(H,32,34)/t21-,22+,23-,24+,25?,30-/m0/s1. The Balaban J connectivity index is 1.23. The zero-order valence-electron chi connectivity index (χ0n) is 24.8. The Morgan fingerprint density at radius 1 is 1.18 bits per heavy atom. The van der Waals surface area contributed by atoms with E-state index in [1.807, 2.05) is 39.0 Å². The van der Waals surface area contributed by atoms with Crippen LogP contribution in [-0.2, 0) is 29.9 Å². The summed E-state index contributed by atoms with van der Waals surface area (Å²) in [4.78, 5) is 27.4. The fourth-order valence-corrected chi connectivity index (χ4v) is 7.03. The molecular formula is C30H45BN2O7. The molecule has 40 heavy (non-hydrogen) atoms. The summed E-state index contributed by atoms with van der Waals surface area (Å²) in [5.41, 5.74) is 0.430. The first-order chi connectivity index (χ1) is 18.9. The number of alkyl carbamates (subject to hydrolysis) is 1. The van der Waals surface area contributed by atoms with Crippen molar-refractivity contribution in [1.82, 2.24) is 10.2 Å². The molecule has 10 heteroatoms. The number of hydrogen-bond donors (Lipinski definition) is 1. The van der Waals surface area contributed by atoms with E-state index < -0.39 is 30.9 Å². The largest absolute Gasteiger partial charge is 0.481 e. The molecule has 220 valence electrons. The lowest BCUT2D eigenvalue weighted by atomic mass is 9.43. The van der Waals surface area contributed by atoms with E-state index in [2.05, 4.69) is 38.2 Å². The van der Waals surface area contributed by atoms with E-state index in [4.69, 9.17) is 23.5 Å². The maximum atomic E-state index is 13.1. The molecular weight excluding hydrogens is 511 g/mol. The van der Waals surface area contributed by atoms with Gasteiger partial charge in [0.05, 0.1) is 36.9 Å². The summed E-state index contributed by atoms with van der Waals surface area (Å²) < 4.78 is 30.0. The van der Waals surface area contributed by atoms with Crippen LogP contribution in [0.25, 0.3) is 0 Å². The fourth-order valence-electron chi connectivity index (χ4n) is 7.03. The molecule has 0 radical (unpaired) electrons. The van der Waals surface area contributed by atoms with Crippen LogP contribution in [0, 0.1) is 17.3 Å². The van der Waals surface area contributed by atoms with Gasteiger partial charge in [-0.1, -0.05) is 44.2 Å². The fraction of sp³-hybridized carbons (Fsp3) is 0.733. The van der Waals surface area contributed by atoms with Gasteiger partial charge in [-0.15, -0.1) is 0 Å². The second kappa shape index (κ2) is 11.2. The van der Waals surface area contributed by atoms with E-state index in [0.29, 0.717) is 31.4 Å². The van der Waals surface area contributed by atoms with Gasteiger partial charge >= 0.3 is 19.3 Å². The molecule has 5 aliphatic rings. The molecule has 5 fully saturated rings. The average molecular weight is 557 g/mol. The molecule has 1 aromatic carbocycles. The van der Waals surface area contributed by atoms with Crippen molar-refractivity contribution in [2.45, 2.75) is 96.5 Å². The van der Waals surface area contributed by atoms with Gasteiger partial charge in [0.15, 0.2) is 0 Å². The molecule has 2 aliphatic heterocycles. The highest BCUT2D eigenvalue weighted by atomic mass is 16.7. The maximum Gasteiger partial charge on any atom is 0.481 e. The number of benzene rings is 1. The van der Waals surface area contributed by atoms with Crippen LogP contribution in [-0.4, -0.2) is 79.9 Å². The normalized spacial score (nSPS) is 31.6. The van der Waals surface area contributed by atoms with Crippen LogP contribution in [0.3, 0.4) is 0 Å². The first kappa shape index (κ1) is 29.2. The van der Waals surface area contributed by atoms with Gasteiger partial charge in [-0.05, 0) is 76.2 Å². The van der Waals surface area contributed by atoms with E-state index in [9.17, 15) is 9.59 Å². The van der Waals surface area contributed by atoms with Gasteiger partial charge in [0, 0.05) is 6.54 Å². The van der Waals surface area contributed by atoms with Gasteiger partial charge < -0.3 is 28.8 Å². The predicted octanol–water partition coefficient (Wildman–Crippen LogP) is 4.62. The highest BCUT2D eigenvalue weighted by Gasteiger charge is 2.68. The number of hydrogen-bond acceptors (Lipinski definition) is 7. The molecule has 6 atom stereocenters. The molecule has 3 aliphatic carbocycles.